The van der Waals surface area contributed by atoms with E-state index >= 15 is 0 Å². The normalized spacial score (nSPS) is 14.8. The summed E-state index contributed by atoms with van der Waals surface area (Å²) in [4.78, 5) is 46.6. The summed E-state index contributed by atoms with van der Waals surface area (Å²) in [7, 11) is 1.28. The Morgan fingerprint density at radius 3 is 2.38 bits per heavy atom. The number of nitrogens with one attached hydrogen (secondary N) is 2. The average molecular weight is 667 g/mol. The van der Waals surface area contributed by atoms with Gasteiger partial charge in [0.1, 0.15) is 11.4 Å². The Morgan fingerprint density at radius 2 is 1.67 bits per heavy atom. The minimum atomic E-state index is -0.711. The zero-order chi connectivity index (χ0) is 33.8. The van der Waals surface area contributed by atoms with Gasteiger partial charge in [0.15, 0.2) is 5.69 Å². The van der Waals surface area contributed by atoms with Crippen molar-refractivity contribution < 1.29 is 23.9 Å². The van der Waals surface area contributed by atoms with Gasteiger partial charge in [0, 0.05) is 51.8 Å². The van der Waals surface area contributed by atoms with E-state index in [1.165, 1.54) is 13.5 Å². The number of carbonyl (C=O) groups excluding carboxylic acids is 3. The van der Waals surface area contributed by atoms with Gasteiger partial charge in [-0.2, -0.15) is 0 Å². The lowest BCUT2D eigenvalue weighted by Gasteiger charge is -2.21. The average Bonchev–Trinajstić information content (AvgIpc) is 3.47. The molecule has 0 bridgehead atoms. The van der Waals surface area contributed by atoms with Gasteiger partial charge in [0.05, 0.1) is 13.7 Å². The van der Waals surface area contributed by atoms with Gasteiger partial charge in [0.25, 0.3) is 11.8 Å². The van der Waals surface area contributed by atoms with Crippen LogP contribution in [0.25, 0.3) is 21.6 Å². The summed E-state index contributed by atoms with van der Waals surface area (Å²) < 4.78 is 11.4. The number of hydrogen-bond acceptors (Lipinski definition) is 8. The number of fused-ring (bicyclic) bond motifs is 3. The van der Waals surface area contributed by atoms with E-state index in [0.717, 1.165) is 77.6 Å². The number of nitrogens with two attached hydrogens (primary N) is 1. The fourth-order valence-electron chi connectivity index (χ4n) is 6.79. The monoisotopic (exact) mass is 666 g/mol. The molecule has 1 aliphatic heterocycles. The van der Waals surface area contributed by atoms with Gasteiger partial charge in [-0.1, -0.05) is 44.2 Å². The van der Waals surface area contributed by atoms with Crippen LogP contribution in [0.5, 0.6) is 5.75 Å². The minimum absolute atomic E-state index is 0.0538. The van der Waals surface area contributed by atoms with Crippen LogP contribution in [0.2, 0.25) is 0 Å². The summed E-state index contributed by atoms with van der Waals surface area (Å²) in [6, 6.07) is 13.0. The van der Waals surface area contributed by atoms with Crippen molar-refractivity contribution in [2.24, 2.45) is 5.73 Å². The zero-order valence-corrected chi connectivity index (χ0v) is 28.6. The van der Waals surface area contributed by atoms with Gasteiger partial charge in [-0.3, -0.25) is 9.59 Å². The summed E-state index contributed by atoms with van der Waals surface area (Å²) in [5.41, 5.74) is 12.5. The van der Waals surface area contributed by atoms with E-state index in [4.69, 9.17) is 15.2 Å². The number of nitrogens with zero attached hydrogens (tertiary/aromatic N) is 1. The molecule has 9 nitrogen and oxygen atoms in total. The summed E-state index contributed by atoms with van der Waals surface area (Å²) in [6.45, 7) is 4.73. The molecule has 0 atom stereocenters. The molecule has 2 aliphatic rings. The van der Waals surface area contributed by atoms with E-state index < -0.39 is 5.97 Å². The van der Waals surface area contributed by atoms with Crippen molar-refractivity contribution in [1.29, 1.82) is 0 Å². The number of ether oxygens (including phenoxy) is 2. The van der Waals surface area contributed by atoms with Crippen molar-refractivity contribution in [3.05, 3.63) is 87.0 Å². The number of rotatable bonds is 7. The molecule has 0 unspecified atom stereocenters. The second-order valence-electron chi connectivity index (χ2n) is 12.6. The van der Waals surface area contributed by atoms with Crippen LogP contribution in [0.3, 0.4) is 0 Å². The molecule has 250 valence electrons. The number of hydrogen-bond donors (Lipinski definition) is 3. The molecule has 1 aliphatic carbocycles. The fraction of sp³-hybridized carbons (Fsp3) is 0.368. The highest BCUT2D eigenvalue weighted by molar-refractivity contribution is 7.13. The van der Waals surface area contributed by atoms with Crippen molar-refractivity contribution in [3.63, 3.8) is 0 Å². The maximum absolute atomic E-state index is 14.3. The molecule has 6 rings (SSSR count). The number of anilines is 1. The van der Waals surface area contributed by atoms with Crippen molar-refractivity contribution in [3.8, 4) is 27.3 Å². The zero-order valence-electron chi connectivity index (χ0n) is 27.7. The second kappa shape index (κ2) is 14.7. The number of aryl methyl sites for hydroxylation is 2. The van der Waals surface area contributed by atoms with Crippen molar-refractivity contribution in [2.75, 3.05) is 19.0 Å². The van der Waals surface area contributed by atoms with Crippen LogP contribution < -0.4 is 21.1 Å². The number of amides is 2. The predicted octanol–water partition coefficient (Wildman–Crippen LogP) is 7.37. The molecule has 0 saturated heterocycles. The second-order valence-corrected chi connectivity index (χ2v) is 13.5. The number of benzene rings is 2. The molecule has 2 aromatic carbocycles. The highest BCUT2D eigenvalue weighted by Gasteiger charge is 2.28. The van der Waals surface area contributed by atoms with E-state index in [1.54, 1.807) is 29.5 Å². The van der Waals surface area contributed by atoms with E-state index in [1.807, 2.05) is 37.4 Å². The van der Waals surface area contributed by atoms with Crippen molar-refractivity contribution >= 4 is 34.8 Å². The maximum atomic E-state index is 14.3. The molecule has 3 heterocycles. The van der Waals surface area contributed by atoms with E-state index in [9.17, 15) is 14.4 Å². The van der Waals surface area contributed by atoms with Gasteiger partial charge in [-0.05, 0) is 84.7 Å². The smallest absolute Gasteiger partial charge is 0.357 e. The summed E-state index contributed by atoms with van der Waals surface area (Å²) in [5, 5.41) is 8.30. The van der Waals surface area contributed by atoms with E-state index in [2.05, 4.69) is 21.7 Å². The summed E-state index contributed by atoms with van der Waals surface area (Å²) in [5.74, 6) is -0.803. The van der Waals surface area contributed by atoms with Crippen LogP contribution in [0.15, 0.2) is 47.8 Å². The molecule has 1 saturated carbocycles. The molecular weight excluding hydrogens is 625 g/mol. The van der Waals surface area contributed by atoms with Crippen LogP contribution in [-0.4, -0.2) is 42.5 Å². The quantitative estimate of drug-likeness (QED) is 0.176. The predicted molar refractivity (Wildman–Crippen MR) is 189 cm³/mol. The first-order valence-corrected chi connectivity index (χ1v) is 17.5. The lowest BCUT2D eigenvalue weighted by molar-refractivity contribution is 0.0594. The highest BCUT2D eigenvalue weighted by Crippen LogP contribution is 2.43. The van der Waals surface area contributed by atoms with Gasteiger partial charge in [0.2, 0.25) is 0 Å². The Hall–Kier alpha value is -4.54. The van der Waals surface area contributed by atoms with Crippen molar-refractivity contribution in [2.45, 2.75) is 77.8 Å². The van der Waals surface area contributed by atoms with E-state index in [0.29, 0.717) is 41.3 Å². The molecule has 2 aromatic heterocycles. The maximum Gasteiger partial charge on any atom is 0.357 e. The number of esters is 1. The van der Waals surface area contributed by atoms with Crippen LogP contribution in [0, 0.1) is 13.8 Å². The Bertz CT molecular complexity index is 1830. The number of thiophene rings is 1. The fourth-order valence-corrected chi connectivity index (χ4v) is 7.77. The third-order valence-corrected chi connectivity index (χ3v) is 10.3. The molecular formula is C38H42N4O5S. The highest BCUT2D eigenvalue weighted by atomic mass is 32.1. The standard InChI is InChI=1S/C38H42N4O5S/c1-22-17-24(21-39)18-23(2)33(22)42-36(43)29-19-30-32(47-15-13-25-14-16-48-35(25)30)20-28(29)27-11-12-31(41-34(27)38(45)46-3)37(44)40-26-9-7-5-4-6-8-10-26/h11-12,14,16-20,26H,4-10,13,15,21,39H2,1-3H3,(H,40,44)(H,42,43). The topological polar surface area (TPSA) is 133 Å². The van der Waals surface area contributed by atoms with Gasteiger partial charge >= 0.3 is 5.97 Å². The number of carbonyl (C=O) groups is 3. The molecule has 2 amide bonds. The molecule has 4 aromatic rings. The van der Waals surface area contributed by atoms with Crippen LogP contribution in [0.4, 0.5) is 5.69 Å². The lowest BCUT2D eigenvalue weighted by atomic mass is 9.93. The van der Waals surface area contributed by atoms with Crippen LogP contribution >= 0.6 is 11.3 Å². The van der Waals surface area contributed by atoms with Crippen molar-refractivity contribution in [1.82, 2.24) is 10.3 Å². The Morgan fingerprint density at radius 1 is 0.938 bits per heavy atom. The minimum Gasteiger partial charge on any atom is -0.493 e. The first-order chi connectivity index (χ1) is 23.3. The Balaban J connectivity index is 1.44. The molecule has 48 heavy (non-hydrogen) atoms. The molecule has 4 N–H and O–H groups in total. The third-order valence-electron chi connectivity index (χ3n) is 9.29. The van der Waals surface area contributed by atoms with Crippen LogP contribution in [0.1, 0.15) is 98.5 Å². The number of methoxy groups -OCH3 is 1. The van der Waals surface area contributed by atoms with Gasteiger partial charge < -0.3 is 25.8 Å². The first-order valence-electron chi connectivity index (χ1n) is 16.7. The Kier molecular flexibility index (Phi) is 10.2. The summed E-state index contributed by atoms with van der Waals surface area (Å²) >= 11 is 1.60. The van der Waals surface area contributed by atoms with Gasteiger partial charge in [-0.15, -0.1) is 11.3 Å². The first kappa shape index (κ1) is 33.4. The summed E-state index contributed by atoms with van der Waals surface area (Å²) in [6.07, 6.45) is 8.26. The molecule has 1 fully saturated rings. The third kappa shape index (κ3) is 7.00. The molecule has 0 radical (unpaired) electrons. The number of pyridine rings is 1. The Labute approximate surface area is 285 Å². The van der Waals surface area contributed by atoms with Crippen LogP contribution in [-0.2, 0) is 17.7 Å². The largest absolute Gasteiger partial charge is 0.493 e. The molecule has 10 heteroatoms. The van der Waals surface area contributed by atoms with E-state index in [-0.39, 0.29) is 29.2 Å². The molecule has 0 spiro atoms. The number of aromatic nitrogens is 1. The van der Waals surface area contributed by atoms with Gasteiger partial charge in [-0.25, -0.2) is 9.78 Å². The lowest BCUT2D eigenvalue weighted by Crippen LogP contribution is -2.36. The SMILES string of the molecule is COC(=O)c1nc(C(=O)NC2CCCCCCC2)ccc1-c1cc2c(cc1C(=O)Nc1c(C)cc(CN)cc1C)-c1sccc1CCO2.